The van der Waals surface area contributed by atoms with Crippen molar-refractivity contribution >= 4 is 15.9 Å². The molecule has 0 aromatic rings. The normalized spacial score (nSPS) is 13.4. The number of unbranched alkanes of at least 4 members (excludes halogenated alkanes) is 2. The summed E-state index contributed by atoms with van der Waals surface area (Å²) in [6, 6.07) is 0. The van der Waals surface area contributed by atoms with Gasteiger partial charge in [-0.25, -0.2) is 0 Å². The van der Waals surface area contributed by atoms with Crippen LogP contribution in [0, 0.1) is 5.92 Å². The van der Waals surface area contributed by atoms with Crippen LogP contribution in [0.5, 0.6) is 0 Å². The summed E-state index contributed by atoms with van der Waals surface area (Å²) in [7, 11) is 0. The lowest BCUT2D eigenvalue weighted by atomic mass is 10.2. The van der Waals surface area contributed by atoms with E-state index in [2.05, 4.69) is 29.8 Å². The Morgan fingerprint density at radius 2 is 2.09 bits per heavy atom. The van der Waals surface area contributed by atoms with Crippen LogP contribution in [-0.4, -0.2) is 18.5 Å². The summed E-state index contributed by atoms with van der Waals surface area (Å²) < 4.78 is 5.46. The Balaban J connectivity index is 2.89. The molecule has 0 saturated carbocycles. The van der Waals surface area contributed by atoms with Crippen molar-refractivity contribution in [2.75, 3.05) is 18.5 Å². The summed E-state index contributed by atoms with van der Waals surface area (Å²) in [6.07, 6.45) is 3.78. The summed E-state index contributed by atoms with van der Waals surface area (Å²) in [4.78, 5) is 0. The molecule has 68 valence electrons. The maximum atomic E-state index is 5.46. The van der Waals surface area contributed by atoms with E-state index in [1.165, 1.54) is 19.3 Å². The highest BCUT2D eigenvalue weighted by molar-refractivity contribution is 9.09. The molecule has 0 aromatic heterocycles. The fourth-order valence-electron chi connectivity index (χ4n) is 0.783. The van der Waals surface area contributed by atoms with Crippen molar-refractivity contribution in [1.29, 1.82) is 0 Å². The Bertz CT molecular complexity index is 76.0. The molecule has 0 fully saturated rings. The average molecular weight is 223 g/mol. The van der Waals surface area contributed by atoms with Gasteiger partial charge < -0.3 is 4.74 Å². The van der Waals surface area contributed by atoms with Crippen molar-refractivity contribution < 1.29 is 4.74 Å². The molecule has 1 atom stereocenters. The molecule has 0 amide bonds. The fourth-order valence-corrected chi connectivity index (χ4v) is 0.970. The van der Waals surface area contributed by atoms with Gasteiger partial charge in [0.15, 0.2) is 0 Å². The van der Waals surface area contributed by atoms with Crippen molar-refractivity contribution in [1.82, 2.24) is 0 Å². The number of rotatable bonds is 7. The summed E-state index contributed by atoms with van der Waals surface area (Å²) in [5, 5.41) is 1.04. The number of alkyl halides is 1. The first-order valence-corrected chi connectivity index (χ1v) is 5.57. The molecule has 0 aliphatic rings. The first kappa shape index (κ1) is 11.4. The smallest absolute Gasteiger partial charge is 0.0499 e. The Hall–Kier alpha value is 0.440. The minimum absolute atomic E-state index is 0.650. The molecular weight excluding hydrogens is 204 g/mol. The van der Waals surface area contributed by atoms with E-state index in [0.717, 1.165) is 18.5 Å². The van der Waals surface area contributed by atoms with Gasteiger partial charge in [0.1, 0.15) is 0 Å². The van der Waals surface area contributed by atoms with Gasteiger partial charge in [0.05, 0.1) is 0 Å². The molecule has 0 aliphatic carbocycles. The summed E-state index contributed by atoms with van der Waals surface area (Å²) >= 11 is 3.42. The lowest BCUT2D eigenvalue weighted by Crippen LogP contribution is -2.07. The predicted molar refractivity (Wildman–Crippen MR) is 53.3 cm³/mol. The van der Waals surface area contributed by atoms with E-state index >= 15 is 0 Å². The van der Waals surface area contributed by atoms with E-state index in [0.29, 0.717) is 5.92 Å². The van der Waals surface area contributed by atoms with E-state index in [9.17, 15) is 0 Å². The first-order chi connectivity index (χ1) is 5.31. The number of halogens is 1. The number of hydrogen-bond acceptors (Lipinski definition) is 1. The minimum atomic E-state index is 0.650. The third-order valence-electron chi connectivity index (χ3n) is 1.56. The van der Waals surface area contributed by atoms with Crippen LogP contribution in [-0.2, 0) is 4.74 Å². The highest BCUT2D eigenvalue weighted by Gasteiger charge is 1.97. The number of hydrogen-bond donors (Lipinski definition) is 0. The van der Waals surface area contributed by atoms with Crippen LogP contribution in [0.1, 0.15) is 33.1 Å². The van der Waals surface area contributed by atoms with Crippen LogP contribution < -0.4 is 0 Å². The van der Waals surface area contributed by atoms with Crippen LogP contribution >= 0.6 is 15.9 Å². The molecule has 0 radical (unpaired) electrons. The third kappa shape index (κ3) is 8.35. The van der Waals surface area contributed by atoms with Gasteiger partial charge in [-0.05, 0) is 12.3 Å². The monoisotopic (exact) mass is 222 g/mol. The summed E-state index contributed by atoms with van der Waals surface area (Å²) in [5.74, 6) is 0.650. The molecule has 0 N–H and O–H groups in total. The van der Waals surface area contributed by atoms with Gasteiger partial charge in [0.2, 0.25) is 0 Å². The van der Waals surface area contributed by atoms with Crippen molar-refractivity contribution in [2.24, 2.45) is 5.92 Å². The summed E-state index contributed by atoms with van der Waals surface area (Å²) in [6.45, 7) is 6.23. The van der Waals surface area contributed by atoms with Crippen LogP contribution in [0.2, 0.25) is 0 Å². The molecule has 0 spiro atoms. The minimum Gasteiger partial charge on any atom is -0.381 e. The molecule has 11 heavy (non-hydrogen) atoms. The molecule has 2 heteroatoms. The largest absolute Gasteiger partial charge is 0.381 e. The Kier molecular flexibility index (Phi) is 8.88. The molecule has 0 rings (SSSR count). The maximum Gasteiger partial charge on any atom is 0.0499 e. The van der Waals surface area contributed by atoms with Crippen LogP contribution in [0.4, 0.5) is 0 Å². The molecule has 0 heterocycles. The van der Waals surface area contributed by atoms with Gasteiger partial charge in [-0.1, -0.05) is 42.6 Å². The van der Waals surface area contributed by atoms with E-state index in [1.807, 2.05) is 0 Å². The highest BCUT2D eigenvalue weighted by atomic mass is 79.9. The Morgan fingerprint density at radius 1 is 1.36 bits per heavy atom. The lowest BCUT2D eigenvalue weighted by Gasteiger charge is -2.07. The first-order valence-electron chi connectivity index (χ1n) is 4.45. The van der Waals surface area contributed by atoms with Crippen molar-refractivity contribution in [3.8, 4) is 0 Å². The maximum absolute atomic E-state index is 5.46. The van der Waals surface area contributed by atoms with Gasteiger partial charge >= 0.3 is 0 Å². The fraction of sp³-hybridized carbons (Fsp3) is 1.00. The Labute approximate surface area is 78.6 Å². The molecule has 0 aromatic carbocycles. The lowest BCUT2D eigenvalue weighted by molar-refractivity contribution is 0.108. The molecule has 0 bridgehead atoms. The average Bonchev–Trinajstić information content (AvgIpc) is 2.04. The second kappa shape index (κ2) is 8.54. The van der Waals surface area contributed by atoms with Crippen LogP contribution in [0.15, 0.2) is 0 Å². The van der Waals surface area contributed by atoms with Gasteiger partial charge in [-0.3, -0.25) is 0 Å². The quantitative estimate of drug-likeness (QED) is 0.475. The van der Waals surface area contributed by atoms with Crippen molar-refractivity contribution in [2.45, 2.75) is 33.1 Å². The molecule has 1 unspecified atom stereocenters. The van der Waals surface area contributed by atoms with E-state index < -0.39 is 0 Å². The molecule has 0 aliphatic heterocycles. The van der Waals surface area contributed by atoms with E-state index in [4.69, 9.17) is 4.74 Å². The second-order valence-corrected chi connectivity index (χ2v) is 3.69. The number of ether oxygens (including phenoxy) is 1. The molecule has 1 nitrogen and oxygen atoms in total. The second-order valence-electron chi connectivity index (χ2n) is 3.04. The van der Waals surface area contributed by atoms with Crippen molar-refractivity contribution in [3.05, 3.63) is 0 Å². The Morgan fingerprint density at radius 3 is 2.64 bits per heavy atom. The van der Waals surface area contributed by atoms with Gasteiger partial charge in [-0.15, -0.1) is 0 Å². The van der Waals surface area contributed by atoms with Gasteiger partial charge in [-0.2, -0.15) is 0 Å². The topological polar surface area (TPSA) is 9.23 Å². The highest BCUT2D eigenvalue weighted by Crippen LogP contribution is 2.01. The zero-order valence-corrected chi connectivity index (χ0v) is 9.19. The van der Waals surface area contributed by atoms with Crippen LogP contribution in [0.3, 0.4) is 0 Å². The summed E-state index contributed by atoms with van der Waals surface area (Å²) in [5.41, 5.74) is 0. The van der Waals surface area contributed by atoms with Crippen molar-refractivity contribution in [3.63, 3.8) is 0 Å². The third-order valence-corrected chi connectivity index (χ3v) is 2.66. The molecule has 0 saturated heterocycles. The zero-order chi connectivity index (χ0) is 8.53. The van der Waals surface area contributed by atoms with Gasteiger partial charge in [0.25, 0.3) is 0 Å². The standard InChI is InChI=1S/C9H19BrO/c1-3-4-5-6-11-8-9(2)7-10/h9H,3-8H2,1-2H3. The van der Waals surface area contributed by atoms with Crippen LogP contribution in [0.25, 0.3) is 0 Å². The SMILES string of the molecule is CCCCCOCC(C)CBr. The van der Waals surface area contributed by atoms with E-state index in [1.54, 1.807) is 0 Å². The predicted octanol–water partition coefficient (Wildman–Crippen LogP) is 3.22. The van der Waals surface area contributed by atoms with E-state index in [-0.39, 0.29) is 0 Å². The van der Waals surface area contributed by atoms with Gasteiger partial charge in [0, 0.05) is 18.5 Å². The molecular formula is C9H19BrO. The zero-order valence-electron chi connectivity index (χ0n) is 7.61.